The zero-order chi connectivity index (χ0) is 12.3. The van der Waals surface area contributed by atoms with E-state index in [9.17, 15) is 0 Å². The van der Waals surface area contributed by atoms with Gasteiger partial charge in [-0.2, -0.15) is 0 Å². The first-order valence-corrected chi connectivity index (χ1v) is 5.37. The predicted molar refractivity (Wildman–Crippen MR) is 65.4 cm³/mol. The third-order valence-electron chi connectivity index (χ3n) is 2.41. The van der Waals surface area contributed by atoms with Crippen molar-refractivity contribution in [3.8, 4) is 17.5 Å². The molecule has 1 heterocycles. The average Bonchev–Trinajstić information content (AvgIpc) is 2.77. The van der Waals surface area contributed by atoms with Crippen LogP contribution < -0.4 is 15.2 Å². The summed E-state index contributed by atoms with van der Waals surface area (Å²) in [6, 6.07) is 5.77. The van der Waals surface area contributed by atoms with Crippen molar-refractivity contribution in [2.75, 3.05) is 12.8 Å². The second-order valence-electron chi connectivity index (χ2n) is 3.51. The number of nitrogens with two attached hydrogens (primary N) is 1. The Hall–Kier alpha value is -2.17. The largest absolute Gasteiger partial charge is 0.493 e. The summed E-state index contributed by atoms with van der Waals surface area (Å²) < 4.78 is 12.8. The van der Waals surface area contributed by atoms with E-state index in [4.69, 9.17) is 15.2 Å². The van der Waals surface area contributed by atoms with Gasteiger partial charge < -0.3 is 19.8 Å². The van der Waals surface area contributed by atoms with Crippen LogP contribution >= 0.6 is 0 Å². The average molecular weight is 233 g/mol. The van der Waals surface area contributed by atoms with Crippen molar-refractivity contribution >= 4 is 5.69 Å². The minimum absolute atomic E-state index is 0.524. The first-order chi connectivity index (χ1) is 8.24. The summed E-state index contributed by atoms with van der Waals surface area (Å²) in [6.45, 7) is 2.81. The van der Waals surface area contributed by atoms with Gasteiger partial charge in [-0.1, -0.05) is 0 Å². The number of rotatable bonds is 4. The summed E-state index contributed by atoms with van der Waals surface area (Å²) in [6.07, 6.45) is 3.55. The van der Waals surface area contributed by atoms with Crippen molar-refractivity contribution in [3.63, 3.8) is 0 Å². The second kappa shape index (κ2) is 4.78. The zero-order valence-electron chi connectivity index (χ0n) is 9.88. The van der Waals surface area contributed by atoms with Gasteiger partial charge in [-0.15, -0.1) is 0 Å². The van der Waals surface area contributed by atoms with Crippen LogP contribution in [0.15, 0.2) is 30.6 Å². The molecule has 2 N–H and O–H groups in total. The minimum atomic E-state index is 0.524. The van der Waals surface area contributed by atoms with Crippen LogP contribution in [0.25, 0.3) is 0 Å². The van der Waals surface area contributed by atoms with E-state index in [1.54, 1.807) is 31.5 Å². The Morgan fingerprint density at radius 3 is 2.88 bits per heavy atom. The number of aryl methyl sites for hydroxylation is 1. The molecule has 2 aromatic rings. The number of aromatic nitrogens is 2. The number of nitrogen functional groups attached to an aromatic ring is 1. The number of methoxy groups -OCH3 is 1. The molecule has 0 radical (unpaired) electrons. The van der Waals surface area contributed by atoms with Gasteiger partial charge in [-0.25, -0.2) is 4.98 Å². The quantitative estimate of drug-likeness (QED) is 0.823. The maximum Gasteiger partial charge on any atom is 0.301 e. The highest BCUT2D eigenvalue weighted by molar-refractivity contribution is 5.52. The minimum Gasteiger partial charge on any atom is -0.493 e. The number of hydrogen-bond acceptors (Lipinski definition) is 4. The Morgan fingerprint density at radius 1 is 1.35 bits per heavy atom. The molecule has 0 saturated heterocycles. The van der Waals surface area contributed by atoms with E-state index in [0.717, 1.165) is 6.54 Å². The molecule has 1 aromatic carbocycles. The van der Waals surface area contributed by atoms with Gasteiger partial charge in [0.1, 0.15) is 0 Å². The fourth-order valence-corrected chi connectivity index (χ4v) is 1.51. The first kappa shape index (κ1) is 11.3. The predicted octanol–water partition coefficient (Wildman–Crippen LogP) is 2.29. The Labute approximate surface area is 99.8 Å². The number of imidazole rings is 1. The van der Waals surface area contributed by atoms with Crippen LogP contribution in [0.4, 0.5) is 5.69 Å². The van der Waals surface area contributed by atoms with Crippen LogP contribution in [0, 0.1) is 0 Å². The zero-order valence-corrected chi connectivity index (χ0v) is 9.88. The van der Waals surface area contributed by atoms with Gasteiger partial charge in [-0.05, 0) is 19.1 Å². The van der Waals surface area contributed by atoms with Crippen molar-refractivity contribution in [1.29, 1.82) is 0 Å². The first-order valence-electron chi connectivity index (χ1n) is 5.37. The van der Waals surface area contributed by atoms with Gasteiger partial charge in [0.15, 0.2) is 11.5 Å². The molecule has 0 aliphatic heterocycles. The molecule has 0 unspecified atom stereocenters. The van der Waals surface area contributed by atoms with Gasteiger partial charge in [0, 0.05) is 30.7 Å². The topological polar surface area (TPSA) is 62.3 Å². The van der Waals surface area contributed by atoms with E-state index in [2.05, 4.69) is 4.98 Å². The molecule has 0 amide bonds. The van der Waals surface area contributed by atoms with E-state index in [1.807, 2.05) is 17.7 Å². The number of hydrogen-bond donors (Lipinski definition) is 1. The molecule has 0 fully saturated rings. The highest BCUT2D eigenvalue weighted by atomic mass is 16.5. The fourth-order valence-electron chi connectivity index (χ4n) is 1.51. The van der Waals surface area contributed by atoms with E-state index in [1.165, 1.54) is 0 Å². The van der Waals surface area contributed by atoms with Gasteiger partial charge >= 0.3 is 6.01 Å². The molecule has 0 atom stereocenters. The Morgan fingerprint density at radius 2 is 2.18 bits per heavy atom. The lowest BCUT2D eigenvalue weighted by Gasteiger charge is -2.11. The van der Waals surface area contributed by atoms with E-state index < -0.39 is 0 Å². The Kier molecular flexibility index (Phi) is 3.18. The van der Waals surface area contributed by atoms with Crippen molar-refractivity contribution < 1.29 is 9.47 Å². The van der Waals surface area contributed by atoms with Crippen molar-refractivity contribution in [2.24, 2.45) is 0 Å². The molecule has 5 nitrogen and oxygen atoms in total. The molecule has 0 aliphatic rings. The van der Waals surface area contributed by atoms with Crippen molar-refractivity contribution in [3.05, 3.63) is 30.6 Å². The summed E-state index contributed by atoms with van der Waals surface area (Å²) in [5, 5.41) is 0. The fraction of sp³-hybridized carbons (Fsp3) is 0.250. The summed E-state index contributed by atoms with van der Waals surface area (Å²) in [5.74, 6) is 1.19. The molecule has 0 bridgehead atoms. The van der Waals surface area contributed by atoms with Crippen LogP contribution in [0.5, 0.6) is 17.5 Å². The number of nitrogens with zero attached hydrogens (tertiary/aromatic N) is 2. The van der Waals surface area contributed by atoms with Gasteiger partial charge in [0.05, 0.1) is 7.11 Å². The molecule has 0 saturated carbocycles. The molecule has 5 heteroatoms. The summed E-state index contributed by atoms with van der Waals surface area (Å²) in [5.41, 5.74) is 6.34. The third kappa shape index (κ3) is 2.33. The monoisotopic (exact) mass is 233 g/mol. The number of anilines is 1. The normalized spacial score (nSPS) is 10.2. The Bertz CT molecular complexity index is 508. The highest BCUT2D eigenvalue weighted by Gasteiger charge is 2.09. The third-order valence-corrected chi connectivity index (χ3v) is 2.41. The molecule has 1 aromatic heterocycles. The van der Waals surface area contributed by atoms with Crippen LogP contribution in [-0.4, -0.2) is 16.7 Å². The van der Waals surface area contributed by atoms with Gasteiger partial charge in [-0.3, -0.25) is 0 Å². The molecule has 0 aliphatic carbocycles. The lowest BCUT2D eigenvalue weighted by Crippen LogP contribution is -1.99. The maximum absolute atomic E-state index is 5.72. The number of benzene rings is 1. The van der Waals surface area contributed by atoms with E-state index >= 15 is 0 Å². The molecular weight excluding hydrogens is 218 g/mol. The molecule has 2 rings (SSSR count). The molecule has 0 spiro atoms. The standard InChI is InChI=1S/C12H15N3O2/c1-3-15-7-6-14-12(15)17-11-8-9(13)4-5-10(11)16-2/h4-8H,3,13H2,1-2H3. The summed E-state index contributed by atoms with van der Waals surface area (Å²) >= 11 is 0. The summed E-state index contributed by atoms with van der Waals surface area (Å²) in [7, 11) is 1.59. The van der Waals surface area contributed by atoms with Crippen LogP contribution in [-0.2, 0) is 6.54 Å². The smallest absolute Gasteiger partial charge is 0.301 e. The van der Waals surface area contributed by atoms with Gasteiger partial charge in [0.2, 0.25) is 0 Å². The number of ether oxygens (including phenoxy) is 2. The Balaban J connectivity index is 2.32. The highest BCUT2D eigenvalue weighted by Crippen LogP contribution is 2.32. The van der Waals surface area contributed by atoms with Crippen LogP contribution in [0.2, 0.25) is 0 Å². The lowest BCUT2D eigenvalue weighted by molar-refractivity contribution is 0.359. The van der Waals surface area contributed by atoms with E-state index in [-0.39, 0.29) is 0 Å². The van der Waals surface area contributed by atoms with Crippen molar-refractivity contribution in [1.82, 2.24) is 9.55 Å². The van der Waals surface area contributed by atoms with E-state index in [0.29, 0.717) is 23.2 Å². The summed E-state index contributed by atoms with van der Waals surface area (Å²) in [4.78, 5) is 4.13. The molecular formula is C12H15N3O2. The maximum atomic E-state index is 5.72. The SMILES string of the molecule is CCn1ccnc1Oc1cc(N)ccc1OC. The second-order valence-corrected chi connectivity index (χ2v) is 3.51. The van der Waals surface area contributed by atoms with Crippen LogP contribution in [0.1, 0.15) is 6.92 Å². The van der Waals surface area contributed by atoms with Crippen molar-refractivity contribution in [2.45, 2.75) is 13.5 Å². The lowest BCUT2D eigenvalue weighted by atomic mass is 10.3. The van der Waals surface area contributed by atoms with Crippen LogP contribution in [0.3, 0.4) is 0 Å². The van der Waals surface area contributed by atoms with Gasteiger partial charge in [0.25, 0.3) is 0 Å². The molecule has 90 valence electrons. The molecule has 17 heavy (non-hydrogen) atoms.